The maximum atomic E-state index is 13.3. The van der Waals surface area contributed by atoms with Crippen molar-refractivity contribution in [3.8, 4) is 16.9 Å². The first-order valence-corrected chi connectivity index (χ1v) is 12.1. The van der Waals surface area contributed by atoms with E-state index in [0.717, 1.165) is 11.3 Å². The highest BCUT2D eigenvalue weighted by Crippen LogP contribution is 2.33. The highest BCUT2D eigenvalue weighted by Gasteiger charge is 2.20. The van der Waals surface area contributed by atoms with Crippen molar-refractivity contribution in [1.82, 2.24) is 14.8 Å². The number of hydrogen-bond donors (Lipinski definition) is 1. The van der Waals surface area contributed by atoms with Gasteiger partial charge in [0.2, 0.25) is 0 Å². The Kier molecular flexibility index (Phi) is 6.32. The molecule has 0 spiro atoms. The summed E-state index contributed by atoms with van der Waals surface area (Å²) >= 11 is 7.73. The number of hydrogen-bond acceptors (Lipinski definition) is 5. The van der Waals surface area contributed by atoms with Gasteiger partial charge in [-0.3, -0.25) is 10.1 Å². The van der Waals surface area contributed by atoms with E-state index >= 15 is 0 Å². The minimum Gasteiger partial charge on any atom is -0.298 e. The van der Waals surface area contributed by atoms with Crippen LogP contribution in [0.4, 0.5) is 13.9 Å². The number of carbonyl (C=O) groups is 1. The van der Waals surface area contributed by atoms with E-state index < -0.39 is 5.76 Å². The minimum atomic E-state index is -2.50. The number of alkyl halides is 2. The van der Waals surface area contributed by atoms with E-state index in [1.807, 2.05) is 30.3 Å². The van der Waals surface area contributed by atoms with Gasteiger partial charge in [-0.2, -0.15) is 13.9 Å². The lowest BCUT2D eigenvalue weighted by Crippen LogP contribution is -2.12. The summed E-state index contributed by atoms with van der Waals surface area (Å²) in [6.07, 6.45) is 1.67. The monoisotopic (exact) mass is 512 g/mol. The fourth-order valence-electron chi connectivity index (χ4n) is 3.37. The lowest BCUT2D eigenvalue weighted by Gasteiger charge is -2.03. The standard InChI is InChI=1S/C24H15ClF2N4OS2/c25-15-8-6-14(7-9-15)21-18(13-31(30-21)16-4-2-1-3-5-16)22(32)29-24-28-19-11-10-17(33-23(26)27)12-20(19)34-24/h1-13,23H,(H,28,29,32). The second-order valence-electron chi connectivity index (χ2n) is 7.16. The first kappa shape index (κ1) is 22.5. The highest BCUT2D eigenvalue weighted by atomic mass is 35.5. The number of nitrogens with one attached hydrogen (secondary N) is 1. The summed E-state index contributed by atoms with van der Waals surface area (Å²) < 4.78 is 27.7. The van der Waals surface area contributed by atoms with Crippen LogP contribution in [-0.4, -0.2) is 26.4 Å². The van der Waals surface area contributed by atoms with Crippen LogP contribution in [-0.2, 0) is 0 Å². The number of thioether (sulfide) groups is 1. The first-order chi connectivity index (χ1) is 16.5. The average molecular weight is 513 g/mol. The van der Waals surface area contributed by atoms with Crippen LogP contribution in [0.5, 0.6) is 0 Å². The third kappa shape index (κ3) is 4.82. The SMILES string of the molecule is O=C(Nc1nc2ccc(SC(F)F)cc2s1)c1cn(-c2ccccc2)nc1-c1ccc(Cl)cc1. The molecule has 1 N–H and O–H groups in total. The van der Waals surface area contributed by atoms with E-state index in [1.54, 1.807) is 53.3 Å². The number of aromatic nitrogens is 3. The van der Waals surface area contributed by atoms with Crippen molar-refractivity contribution in [3.63, 3.8) is 0 Å². The van der Waals surface area contributed by atoms with Gasteiger partial charge in [0.15, 0.2) is 5.13 Å². The second-order valence-corrected chi connectivity index (χ2v) is 9.69. The molecule has 1 amide bonds. The van der Waals surface area contributed by atoms with Gasteiger partial charge < -0.3 is 0 Å². The van der Waals surface area contributed by atoms with Crippen molar-refractivity contribution >= 4 is 56.0 Å². The van der Waals surface area contributed by atoms with Crippen molar-refractivity contribution in [1.29, 1.82) is 0 Å². The number of carbonyl (C=O) groups excluding carboxylic acids is 1. The second kappa shape index (κ2) is 9.54. The van der Waals surface area contributed by atoms with Gasteiger partial charge >= 0.3 is 0 Å². The van der Waals surface area contributed by atoms with Crippen LogP contribution < -0.4 is 5.32 Å². The smallest absolute Gasteiger partial charge is 0.288 e. The molecule has 5 nitrogen and oxygen atoms in total. The van der Waals surface area contributed by atoms with Gasteiger partial charge in [-0.05, 0) is 42.5 Å². The maximum Gasteiger partial charge on any atom is 0.288 e. The van der Waals surface area contributed by atoms with E-state index in [9.17, 15) is 13.6 Å². The lowest BCUT2D eigenvalue weighted by molar-refractivity contribution is 0.102. The van der Waals surface area contributed by atoms with E-state index in [1.165, 1.54) is 11.3 Å². The number of nitrogens with zero attached hydrogens (tertiary/aromatic N) is 3. The molecule has 5 aromatic rings. The lowest BCUT2D eigenvalue weighted by atomic mass is 10.1. The summed E-state index contributed by atoms with van der Waals surface area (Å²) in [7, 11) is 0. The van der Waals surface area contributed by atoms with E-state index in [0.29, 0.717) is 48.3 Å². The number of halogens is 3. The van der Waals surface area contributed by atoms with Crippen LogP contribution in [0.15, 0.2) is 83.9 Å². The van der Waals surface area contributed by atoms with Gasteiger partial charge in [0, 0.05) is 21.7 Å². The molecule has 0 atom stereocenters. The van der Waals surface area contributed by atoms with Crippen LogP contribution >= 0.6 is 34.7 Å². The number of fused-ring (bicyclic) bond motifs is 1. The third-order valence-corrected chi connectivity index (χ3v) is 6.79. The zero-order chi connectivity index (χ0) is 23.7. The quantitative estimate of drug-likeness (QED) is 0.241. The molecule has 34 heavy (non-hydrogen) atoms. The molecule has 3 aromatic carbocycles. The van der Waals surface area contributed by atoms with Gasteiger partial charge in [0.25, 0.3) is 11.7 Å². The third-order valence-electron chi connectivity index (χ3n) is 4.90. The Labute approximate surface area is 206 Å². The molecular formula is C24H15ClF2N4OS2. The molecule has 10 heteroatoms. The topological polar surface area (TPSA) is 59.8 Å². The fraction of sp³-hybridized carbons (Fsp3) is 0.0417. The summed E-state index contributed by atoms with van der Waals surface area (Å²) in [5.41, 5.74) is 3.02. The molecule has 0 fully saturated rings. The average Bonchev–Trinajstić information content (AvgIpc) is 3.44. The van der Waals surface area contributed by atoms with Crippen molar-refractivity contribution in [3.05, 3.63) is 89.6 Å². The highest BCUT2D eigenvalue weighted by molar-refractivity contribution is 7.99. The summed E-state index contributed by atoms with van der Waals surface area (Å²) in [4.78, 5) is 18.1. The van der Waals surface area contributed by atoms with Gasteiger partial charge in [-0.1, -0.05) is 65.0 Å². The molecule has 5 rings (SSSR count). The summed E-state index contributed by atoms with van der Waals surface area (Å²) in [5, 5.41) is 8.42. The maximum absolute atomic E-state index is 13.3. The number of rotatable bonds is 6. The Morgan fingerprint density at radius 1 is 1.06 bits per heavy atom. The Hall–Kier alpha value is -3.27. The van der Waals surface area contributed by atoms with Crippen molar-refractivity contribution < 1.29 is 13.6 Å². The molecule has 2 heterocycles. The van der Waals surface area contributed by atoms with Crippen LogP contribution in [0.3, 0.4) is 0 Å². The van der Waals surface area contributed by atoms with Gasteiger partial charge in [0.05, 0.1) is 21.5 Å². The van der Waals surface area contributed by atoms with Gasteiger partial charge in [-0.25, -0.2) is 9.67 Å². The number of thiazole rings is 1. The zero-order valence-corrected chi connectivity index (χ0v) is 19.7. The normalized spacial score (nSPS) is 11.3. The number of benzene rings is 3. The molecular weight excluding hydrogens is 498 g/mol. The predicted molar refractivity (Wildman–Crippen MR) is 133 cm³/mol. The molecule has 170 valence electrons. The number of para-hydroxylation sites is 1. The summed E-state index contributed by atoms with van der Waals surface area (Å²) in [5.74, 6) is -2.88. The Morgan fingerprint density at radius 2 is 1.82 bits per heavy atom. The zero-order valence-electron chi connectivity index (χ0n) is 17.3. The molecule has 2 aromatic heterocycles. The van der Waals surface area contributed by atoms with Gasteiger partial charge in [0.1, 0.15) is 5.69 Å². The molecule has 0 aliphatic rings. The fourth-order valence-corrected chi connectivity index (χ4v) is 5.01. The minimum absolute atomic E-state index is 0.361. The molecule has 0 aliphatic heterocycles. The molecule has 0 aliphatic carbocycles. The van der Waals surface area contributed by atoms with Crippen molar-refractivity contribution in [2.24, 2.45) is 0 Å². The summed E-state index contributed by atoms with van der Waals surface area (Å²) in [6.45, 7) is 0. The predicted octanol–water partition coefficient (Wildman–Crippen LogP) is 7.37. The van der Waals surface area contributed by atoms with Crippen LogP contribution in [0, 0.1) is 0 Å². The van der Waals surface area contributed by atoms with Crippen molar-refractivity contribution in [2.45, 2.75) is 10.7 Å². The van der Waals surface area contributed by atoms with Crippen LogP contribution in [0.1, 0.15) is 10.4 Å². The van der Waals surface area contributed by atoms with Crippen molar-refractivity contribution in [2.75, 3.05) is 5.32 Å². The Morgan fingerprint density at radius 3 is 2.56 bits per heavy atom. The van der Waals surface area contributed by atoms with Crippen LogP contribution in [0.25, 0.3) is 27.2 Å². The largest absolute Gasteiger partial charge is 0.298 e. The van der Waals surface area contributed by atoms with Crippen LogP contribution in [0.2, 0.25) is 5.02 Å². The van der Waals surface area contributed by atoms with Gasteiger partial charge in [-0.15, -0.1) is 0 Å². The first-order valence-electron chi connectivity index (χ1n) is 10.0. The summed E-state index contributed by atoms with van der Waals surface area (Å²) in [6, 6.07) is 21.4. The Bertz CT molecular complexity index is 1470. The molecule has 0 saturated carbocycles. The molecule has 0 unspecified atom stereocenters. The number of anilines is 1. The van der Waals surface area contributed by atoms with E-state index in [4.69, 9.17) is 11.6 Å². The molecule has 0 bridgehead atoms. The molecule has 0 saturated heterocycles. The molecule has 0 radical (unpaired) electrons. The number of amides is 1. The van der Waals surface area contributed by atoms with E-state index in [2.05, 4.69) is 15.4 Å². The van der Waals surface area contributed by atoms with E-state index in [-0.39, 0.29) is 5.91 Å². The Balaban J connectivity index is 1.49.